The maximum Gasteiger partial charge on any atom is 0.337 e. The Bertz CT molecular complexity index is 1140. The van der Waals surface area contributed by atoms with Crippen molar-refractivity contribution in [1.82, 2.24) is 9.29 Å². The van der Waals surface area contributed by atoms with Gasteiger partial charge in [0.2, 0.25) is 10.0 Å². The molecule has 0 N–H and O–H groups in total. The van der Waals surface area contributed by atoms with Crippen LogP contribution in [0.15, 0.2) is 71.9 Å². The van der Waals surface area contributed by atoms with E-state index in [0.29, 0.717) is 11.1 Å². The van der Waals surface area contributed by atoms with Crippen molar-refractivity contribution in [2.45, 2.75) is 31.8 Å². The zero-order valence-corrected chi connectivity index (χ0v) is 18.0. The Labute approximate surface area is 177 Å². The maximum atomic E-state index is 13.6. The number of rotatable bonds is 7. The number of carbonyl (C=O) groups excluding carboxylic acids is 1. The van der Waals surface area contributed by atoms with E-state index in [9.17, 15) is 13.2 Å². The van der Waals surface area contributed by atoms with E-state index >= 15 is 0 Å². The van der Waals surface area contributed by atoms with E-state index < -0.39 is 16.0 Å². The van der Waals surface area contributed by atoms with Gasteiger partial charge in [-0.2, -0.15) is 4.31 Å². The monoisotopic (exact) mass is 424 g/mol. The molecular formula is C23H24N2O4S. The fourth-order valence-corrected chi connectivity index (χ4v) is 4.83. The van der Waals surface area contributed by atoms with Crippen molar-refractivity contribution < 1.29 is 17.9 Å². The third kappa shape index (κ3) is 4.75. The number of benzene rings is 2. The molecule has 6 nitrogen and oxygen atoms in total. The lowest BCUT2D eigenvalue weighted by Gasteiger charge is -2.24. The molecular weight excluding hydrogens is 400 g/mol. The summed E-state index contributed by atoms with van der Waals surface area (Å²) in [5.74, 6) is -0.505. The highest BCUT2D eigenvalue weighted by Gasteiger charge is 2.27. The predicted octanol–water partition coefficient (Wildman–Crippen LogP) is 3.88. The van der Waals surface area contributed by atoms with Gasteiger partial charge in [0.25, 0.3) is 0 Å². The first-order chi connectivity index (χ1) is 14.3. The molecule has 0 saturated heterocycles. The number of ether oxygens (including phenoxy) is 1. The minimum Gasteiger partial charge on any atom is -0.465 e. The van der Waals surface area contributed by atoms with Crippen LogP contribution in [-0.4, -0.2) is 30.8 Å². The summed E-state index contributed by atoms with van der Waals surface area (Å²) in [6, 6.07) is 15.8. The Morgan fingerprint density at radius 3 is 2.40 bits per heavy atom. The second-order valence-electron chi connectivity index (χ2n) is 7.03. The highest BCUT2D eigenvalue weighted by molar-refractivity contribution is 7.89. The highest BCUT2D eigenvalue weighted by Crippen LogP contribution is 2.25. The van der Waals surface area contributed by atoms with Crippen molar-refractivity contribution in [1.29, 1.82) is 0 Å². The molecule has 3 rings (SSSR count). The van der Waals surface area contributed by atoms with Crippen molar-refractivity contribution in [2.75, 3.05) is 7.11 Å². The van der Waals surface area contributed by atoms with Gasteiger partial charge >= 0.3 is 5.97 Å². The fourth-order valence-electron chi connectivity index (χ4n) is 3.22. The average molecular weight is 425 g/mol. The smallest absolute Gasteiger partial charge is 0.337 e. The predicted molar refractivity (Wildman–Crippen MR) is 114 cm³/mol. The van der Waals surface area contributed by atoms with Gasteiger partial charge in [0, 0.05) is 25.5 Å². The van der Waals surface area contributed by atoms with Crippen molar-refractivity contribution in [3.63, 3.8) is 0 Å². The van der Waals surface area contributed by atoms with Gasteiger partial charge in [-0.25, -0.2) is 13.2 Å². The van der Waals surface area contributed by atoms with Crippen LogP contribution in [0.4, 0.5) is 0 Å². The minimum absolute atomic E-state index is 0.160. The number of aryl methyl sites for hydroxylation is 2. The molecule has 0 amide bonds. The van der Waals surface area contributed by atoms with E-state index in [1.807, 2.05) is 37.3 Å². The van der Waals surface area contributed by atoms with Crippen molar-refractivity contribution in [2.24, 2.45) is 0 Å². The molecule has 2 aromatic carbocycles. The summed E-state index contributed by atoms with van der Waals surface area (Å²) in [4.78, 5) is 16.1. The highest BCUT2D eigenvalue weighted by atomic mass is 32.2. The third-order valence-corrected chi connectivity index (χ3v) is 6.86. The second-order valence-corrected chi connectivity index (χ2v) is 8.94. The summed E-state index contributed by atoms with van der Waals surface area (Å²) in [7, 11) is -2.55. The molecule has 0 spiro atoms. The first-order valence-corrected chi connectivity index (χ1v) is 10.9. The van der Waals surface area contributed by atoms with Crippen LogP contribution in [0.2, 0.25) is 0 Å². The molecule has 0 unspecified atom stereocenters. The van der Waals surface area contributed by atoms with Crippen LogP contribution < -0.4 is 0 Å². The normalized spacial score (nSPS) is 11.5. The topological polar surface area (TPSA) is 76.6 Å². The number of carbonyl (C=O) groups is 1. The van der Waals surface area contributed by atoms with Gasteiger partial charge in [0.1, 0.15) is 0 Å². The largest absolute Gasteiger partial charge is 0.465 e. The first-order valence-electron chi connectivity index (χ1n) is 9.45. The van der Waals surface area contributed by atoms with Gasteiger partial charge in [-0.05, 0) is 60.4 Å². The molecule has 0 aliphatic rings. The lowest BCUT2D eigenvalue weighted by Crippen LogP contribution is -2.31. The van der Waals surface area contributed by atoms with Crippen LogP contribution in [0.25, 0.3) is 0 Å². The Morgan fingerprint density at radius 2 is 1.77 bits per heavy atom. The van der Waals surface area contributed by atoms with Crippen LogP contribution in [0.3, 0.4) is 0 Å². The molecule has 0 atom stereocenters. The van der Waals surface area contributed by atoms with E-state index in [-0.39, 0.29) is 18.0 Å². The van der Waals surface area contributed by atoms with Crippen LogP contribution in [0.1, 0.15) is 32.6 Å². The number of methoxy groups -OCH3 is 1. The van der Waals surface area contributed by atoms with Crippen molar-refractivity contribution >= 4 is 16.0 Å². The Balaban J connectivity index is 2.03. The molecule has 0 bridgehead atoms. The Morgan fingerprint density at radius 1 is 1.00 bits per heavy atom. The molecule has 0 fully saturated rings. The number of hydrogen-bond donors (Lipinski definition) is 0. The summed E-state index contributed by atoms with van der Waals surface area (Å²) in [6.07, 6.45) is 3.31. The number of esters is 1. The zero-order valence-electron chi connectivity index (χ0n) is 17.2. The van der Waals surface area contributed by atoms with E-state index in [2.05, 4.69) is 4.98 Å². The Hall–Kier alpha value is -3.03. The van der Waals surface area contributed by atoms with Crippen molar-refractivity contribution in [3.8, 4) is 0 Å². The van der Waals surface area contributed by atoms with Gasteiger partial charge < -0.3 is 4.74 Å². The molecule has 0 radical (unpaired) electrons. The van der Waals surface area contributed by atoms with Crippen LogP contribution in [-0.2, 0) is 27.8 Å². The molecule has 0 aliphatic heterocycles. The van der Waals surface area contributed by atoms with E-state index in [4.69, 9.17) is 4.74 Å². The molecule has 0 aliphatic carbocycles. The maximum absolute atomic E-state index is 13.6. The lowest BCUT2D eigenvalue weighted by molar-refractivity contribution is 0.0600. The molecule has 156 valence electrons. The van der Waals surface area contributed by atoms with Gasteiger partial charge in [0.15, 0.2) is 0 Å². The first kappa shape index (κ1) is 21.7. The van der Waals surface area contributed by atoms with E-state index in [1.165, 1.54) is 29.6 Å². The standard InChI is InChI=1S/C23H24N2O4S/c1-17-7-4-5-9-21(17)16-25(15-19-8-6-12-24-14-19)30(27,28)22-11-10-20(13-18(22)2)23(26)29-3/h4-14H,15-16H2,1-3H3. The molecule has 1 heterocycles. The van der Waals surface area contributed by atoms with E-state index in [0.717, 1.165) is 16.7 Å². The summed E-state index contributed by atoms with van der Waals surface area (Å²) in [6.45, 7) is 4.04. The average Bonchev–Trinajstić information content (AvgIpc) is 2.74. The molecule has 30 heavy (non-hydrogen) atoms. The third-order valence-electron chi connectivity index (χ3n) is 4.90. The van der Waals surface area contributed by atoms with Crippen molar-refractivity contribution in [3.05, 3.63) is 94.8 Å². The number of nitrogens with zero attached hydrogens (tertiary/aromatic N) is 2. The quantitative estimate of drug-likeness (QED) is 0.538. The minimum atomic E-state index is -3.84. The summed E-state index contributed by atoms with van der Waals surface area (Å²) < 4.78 is 33.4. The molecule has 3 aromatic rings. The van der Waals surface area contributed by atoms with E-state index in [1.54, 1.807) is 25.4 Å². The summed E-state index contributed by atoms with van der Waals surface area (Å²) in [5, 5.41) is 0. The SMILES string of the molecule is COC(=O)c1ccc(S(=O)(=O)N(Cc2cccnc2)Cc2ccccc2C)c(C)c1. The molecule has 1 aromatic heterocycles. The van der Waals surface area contributed by atoms with Gasteiger partial charge in [-0.3, -0.25) is 4.98 Å². The molecule has 0 saturated carbocycles. The summed E-state index contributed by atoms with van der Waals surface area (Å²) in [5.41, 5.74) is 3.53. The summed E-state index contributed by atoms with van der Waals surface area (Å²) >= 11 is 0. The van der Waals surface area contributed by atoms with Gasteiger partial charge in [-0.15, -0.1) is 0 Å². The lowest BCUT2D eigenvalue weighted by atomic mass is 10.1. The van der Waals surface area contributed by atoms with Crippen LogP contribution >= 0.6 is 0 Å². The second kappa shape index (κ2) is 9.19. The van der Waals surface area contributed by atoms with Gasteiger partial charge in [0.05, 0.1) is 17.6 Å². The number of sulfonamides is 1. The fraction of sp³-hybridized carbons (Fsp3) is 0.217. The number of pyridine rings is 1. The molecule has 7 heteroatoms. The Kier molecular flexibility index (Phi) is 6.64. The zero-order chi connectivity index (χ0) is 21.7. The number of hydrogen-bond acceptors (Lipinski definition) is 5. The number of aromatic nitrogens is 1. The van der Waals surface area contributed by atoms with Crippen LogP contribution in [0, 0.1) is 13.8 Å². The van der Waals surface area contributed by atoms with Crippen LogP contribution in [0.5, 0.6) is 0 Å². The van der Waals surface area contributed by atoms with Gasteiger partial charge in [-0.1, -0.05) is 30.3 Å².